The van der Waals surface area contributed by atoms with Crippen LogP contribution in [-0.2, 0) is 0 Å². The summed E-state index contributed by atoms with van der Waals surface area (Å²) in [5.74, 6) is 0. The molecule has 0 atom stereocenters. The van der Waals surface area contributed by atoms with Gasteiger partial charge in [0.1, 0.15) is 0 Å². The van der Waals surface area contributed by atoms with Crippen LogP contribution in [0, 0.1) is 0 Å². The van der Waals surface area contributed by atoms with Crippen molar-refractivity contribution >= 4 is 32.6 Å². The normalized spacial score (nSPS) is 11.4. The molecule has 0 saturated carbocycles. The SMILES string of the molecule is c1ccc(-c2cccc3c2[nH]c2c(-c4cccc(-c5ccc6ccccc6c5)n4)cccc23)nc1. The first-order valence-electron chi connectivity index (χ1n) is 11.8. The summed E-state index contributed by atoms with van der Waals surface area (Å²) >= 11 is 0. The fraction of sp³-hybridized carbons (Fsp3) is 0. The highest BCUT2D eigenvalue weighted by molar-refractivity contribution is 6.14. The summed E-state index contributed by atoms with van der Waals surface area (Å²) in [6, 6.07) is 40.1. The van der Waals surface area contributed by atoms with E-state index in [0.29, 0.717) is 0 Å². The van der Waals surface area contributed by atoms with Crippen molar-refractivity contribution in [1.29, 1.82) is 0 Å². The topological polar surface area (TPSA) is 41.6 Å². The van der Waals surface area contributed by atoms with Crippen LogP contribution in [0.2, 0.25) is 0 Å². The number of benzene rings is 4. The molecule has 3 heteroatoms. The van der Waals surface area contributed by atoms with Crippen LogP contribution < -0.4 is 0 Å². The average Bonchev–Trinajstić information content (AvgIpc) is 3.32. The van der Waals surface area contributed by atoms with Gasteiger partial charge in [0, 0.05) is 33.7 Å². The first-order valence-corrected chi connectivity index (χ1v) is 11.8. The summed E-state index contributed by atoms with van der Waals surface area (Å²) in [4.78, 5) is 13.4. The average molecular weight is 448 g/mol. The highest BCUT2D eigenvalue weighted by Gasteiger charge is 2.14. The van der Waals surface area contributed by atoms with E-state index in [2.05, 4.69) is 113 Å². The maximum atomic E-state index is 5.09. The number of pyridine rings is 2. The molecule has 35 heavy (non-hydrogen) atoms. The third-order valence-electron chi connectivity index (χ3n) is 6.68. The molecule has 0 amide bonds. The lowest BCUT2D eigenvalue weighted by molar-refractivity contribution is 1.32. The second-order valence-electron chi connectivity index (χ2n) is 8.77. The van der Waals surface area contributed by atoms with Gasteiger partial charge in [-0.3, -0.25) is 4.98 Å². The maximum Gasteiger partial charge on any atom is 0.0730 e. The van der Waals surface area contributed by atoms with Crippen LogP contribution >= 0.6 is 0 Å². The summed E-state index contributed by atoms with van der Waals surface area (Å²) in [6.07, 6.45) is 1.84. The number of aromatic nitrogens is 3. The van der Waals surface area contributed by atoms with Crippen LogP contribution in [-0.4, -0.2) is 15.0 Å². The molecule has 0 fully saturated rings. The van der Waals surface area contributed by atoms with Gasteiger partial charge in [-0.1, -0.05) is 84.9 Å². The lowest BCUT2D eigenvalue weighted by atomic mass is 10.0. The van der Waals surface area contributed by atoms with Gasteiger partial charge in [-0.2, -0.15) is 0 Å². The monoisotopic (exact) mass is 447 g/mol. The number of nitrogens with zero attached hydrogens (tertiary/aromatic N) is 2. The van der Waals surface area contributed by atoms with Gasteiger partial charge in [0.05, 0.1) is 28.1 Å². The second kappa shape index (κ2) is 7.93. The van der Waals surface area contributed by atoms with Gasteiger partial charge >= 0.3 is 0 Å². The minimum absolute atomic E-state index is 0.951. The van der Waals surface area contributed by atoms with Crippen LogP contribution in [0.25, 0.3) is 66.4 Å². The van der Waals surface area contributed by atoms with E-state index < -0.39 is 0 Å². The zero-order valence-corrected chi connectivity index (χ0v) is 18.9. The van der Waals surface area contributed by atoms with Gasteiger partial charge in [0.25, 0.3) is 0 Å². The maximum absolute atomic E-state index is 5.09. The highest BCUT2D eigenvalue weighted by atomic mass is 14.8. The molecular formula is C32H21N3. The number of H-pyrrole nitrogens is 1. The molecule has 0 aliphatic rings. The minimum Gasteiger partial charge on any atom is -0.353 e. The summed E-state index contributed by atoms with van der Waals surface area (Å²) in [6.45, 7) is 0. The van der Waals surface area contributed by atoms with Crippen molar-refractivity contribution < 1.29 is 0 Å². The van der Waals surface area contributed by atoms with Crippen LogP contribution in [0.3, 0.4) is 0 Å². The van der Waals surface area contributed by atoms with E-state index in [-0.39, 0.29) is 0 Å². The number of nitrogens with one attached hydrogen (secondary N) is 1. The Kier molecular flexibility index (Phi) is 4.46. The molecule has 3 aromatic heterocycles. The van der Waals surface area contributed by atoms with Crippen molar-refractivity contribution in [3.8, 4) is 33.8 Å². The van der Waals surface area contributed by atoms with E-state index in [1.54, 1.807) is 0 Å². The first kappa shape index (κ1) is 19.7. The molecule has 0 aliphatic carbocycles. The van der Waals surface area contributed by atoms with Gasteiger partial charge in [-0.15, -0.1) is 0 Å². The van der Waals surface area contributed by atoms with Gasteiger partial charge in [-0.05, 0) is 41.1 Å². The molecule has 3 heterocycles. The molecule has 0 spiro atoms. The van der Waals surface area contributed by atoms with Crippen LogP contribution in [0.5, 0.6) is 0 Å². The number of para-hydroxylation sites is 2. The molecule has 0 aliphatic heterocycles. The van der Waals surface area contributed by atoms with Crippen molar-refractivity contribution in [2.24, 2.45) is 0 Å². The van der Waals surface area contributed by atoms with Gasteiger partial charge in [-0.25, -0.2) is 4.98 Å². The fourth-order valence-corrected chi connectivity index (χ4v) is 4.99. The van der Waals surface area contributed by atoms with Crippen LogP contribution in [0.1, 0.15) is 0 Å². The van der Waals surface area contributed by atoms with Crippen LogP contribution in [0.15, 0.2) is 121 Å². The largest absolute Gasteiger partial charge is 0.353 e. The standard InChI is InChI=1S/C32H21N3/c1-2-9-22-20-23(18-17-21(22)8-1)28-15-7-16-30(34-28)27-13-6-11-25-24-10-5-12-26(31(24)35-32(25)27)29-14-3-4-19-33-29/h1-20,35H. The van der Waals surface area contributed by atoms with Gasteiger partial charge in [0.2, 0.25) is 0 Å². The highest BCUT2D eigenvalue weighted by Crippen LogP contribution is 2.36. The van der Waals surface area contributed by atoms with Crippen LogP contribution in [0.4, 0.5) is 0 Å². The molecule has 0 radical (unpaired) electrons. The van der Waals surface area contributed by atoms with E-state index in [9.17, 15) is 0 Å². The van der Waals surface area contributed by atoms with Crippen molar-refractivity contribution in [3.05, 3.63) is 121 Å². The van der Waals surface area contributed by atoms with E-state index in [1.165, 1.54) is 21.5 Å². The predicted molar refractivity (Wildman–Crippen MR) is 145 cm³/mol. The summed E-state index contributed by atoms with van der Waals surface area (Å²) in [5.41, 5.74) is 8.38. The van der Waals surface area contributed by atoms with E-state index in [4.69, 9.17) is 4.98 Å². The van der Waals surface area contributed by atoms with Crippen molar-refractivity contribution in [3.63, 3.8) is 0 Å². The first-order chi connectivity index (χ1) is 17.3. The zero-order valence-electron chi connectivity index (χ0n) is 18.9. The lowest BCUT2D eigenvalue weighted by Gasteiger charge is -2.07. The Hall–Kier alpha value is -4.76. The Morgan fingerprint density at radius 3 is 1.91 bits per heavy atom. The number of hydrogen-bond acceptors (Lipinski definition) is 2. The number of rotatable bonds is 3. The minimum atomic E-state index is 0.951. The smallest absolute Gasteiger partial charge is 0.0730 e. The van der Waals surface area contributed by atoms with Gasteiger partial charge in [0.15, 0.2) is 0 Å². The zero-order chi connectivity index (χ0) is 23.2. The molecular weight excluding hydrogens is 426 g/mol. The lowest BCUT2D eigenvalue weighted by Crippen LogP contribution is -1.89. The molecule has 164 valence electrons. The molecule has 4 aromatic carbocycles. The summed E-state index contributed by atoms with van der Waals surface area (Å²) in [7, 11) is 0. The van der Waals surface area contributed by atoms with E-state index in [1.807, 2.05) is 18.3 Å². The molecule has 0 saturated heterocycles. The number of aromatic amines is 1. The molecule has 7 aromatic rings. The molecule has 0 bridgehead atoms. The number of hydrogen-bond donors (Lipinski definition) is 1. The van der Waals surface area contributed by atoms with Gasteiger partial charge < -0.3 is 4.98 Å². The fourth-order valence-electron chi connectivity index (χ4n) is 4.99. The third-order valence-corrected chi connectivity index (χ3v) is 6.68. The van der Waals surface area contributed by atoms with Crippen molar-refractivity contribution in [2.45, 2.75) is 0 Å². The third kappa shape index (κ3) is 3.29. The van der Waals surface area contributed by atoms with E-state index in [0.717, 1.165) is 44.8 Å². The van der Waals surface area contributed by atoms with Crippen molar-refractivity contribution in [2.75, 3.05) is 0 Å². The number of fused-ring (bicyclic) bond motifs is 4. The molecule has 1 N–H and O–H groups in total. The Labute approximate surface area is 202 Å². The quantitative estimate of drug-likeness (QED) is 0.296. The summed E-state index contributed by atoms with van der Waals surface area (Å²) in [5, 5.41) is 4.83. The molecule has 7 rings (SSSR count). The molecule has 3 nitrogen and oxygen atoms in total. The molecule has 0 unspecified atom stereocenters. The predicted octanol–water partition coefficient (Wildman–Crippen LogP) is 8.27. The van der Waals surface area contributed by atoms with Crippen molar-refractivity contribution in [1.82, 2.24) is 15.0 Å². The Morgan fingerprint density at radius 2 is 1.14 bits per heavy atom. The Bertz CT molecular complexity index is 1850. The Morgan fingerprint density at radius 1 is 0.486 bits per heavy atom. The second-order valence-corrected chi connectivity index (χ2v) is 8.77. The summed E-state index contributed by atoms with van der Waals surface area (Å²) < 4.78 is 0. The Balaban J connectivity index is 1.40. The van der Waals surface area contributed by atoms with E-state index >= 15 is 0 Å².